The fourth-order valence-electron chi connectivity index (χ4n) is 2.93. The number of rotatable bonds is 5. The van der Waals surface area contributed by atoms with E-state index in [1.165, 1.54) is 6.20 Å². The van der Waals surface area contributed by atoms with Gasteiger partial charge in [-0.2, -0.15) is 0 Å². The molecule has 0 aliphatic carbocycles. The van der Waals surface area contributed by atoms with Gasteiger partial charge in [0, 0.05) is 5.39 Å². The van der Waals surface area contributed by atoms with E-state index in [1.807, 2.05) is 38.1 Å². The van der Waals surface area contributed by atoms with Gasteiger partial charge in [0.2, 0.25) is 0 Å². The number of sulfonamides is 1. The highest BCUT2D eigenvalue weighted by Gasteiger charge is 2.21. The lowest BCUT2D eigenvalue weighted by Crippen LogP contribution is -2.15. The lowest BCUT2D eigenvalue weighted by atomic mass is 10.0. The van der Waals surface area contributed by atoms with E-state index in [1.54, 1.807) is 32.2 Å². The average molecular weight is 370 g/mol. The maximum atomic E-state index is 13.0. The first kappa shape index (κ1) is 18.2. The normalized spacial score (nSPS) is 11.7. The van der Waals surface area contributed by atoms with Crippen LogP contribution in [0.4, 0.5) is 5.69 Å². The molecule has 0 aliphatic heterocycles. The Bertz CT molecular complexity index is 1060. The highest BCUT2D eigenvalue weighted by atomic mass is 32.2. The summed E-state index contributed by atoms with van der Waals surface area (Å²) >= 11 is 0. The Hall–Kier alpha value is -2.60. The van der Waals surface area contributed by atoms with Crippen molar-refractivity contribution in [3.05, 3.63) is 59.8 Å². The van der Waals surface area contributed by atoms with Crippen LogP contribution in [0.15, 0.2) is 53.6 Å². The van der Waals surface area contributed by atoms with Gasteiger partial charge in [-0.3, -0.25) is 9.71 Å². The summed E-state index contributed by atoms with van der Waals surface area (Å²) in [5.41, 5.74) is 2.74. The largest absolute Gasteiger partial charge is 0.496 e. The highest BCUT2D eigenvalue weighted by Crippen LogP contribution is 2.32. The van der Waals surface area contributed by atoms with Crippen LogP contribution in [0, 0.1) is 6.92 Å². The number of hydrogen-bond acceptors (Lipinski definition) is 4. The second kappa shape index (κ2) is 6.96. The molecular formula is C20H22N2O3S. The molecule has 1 aromatic heterocycles. The van der Waals surface area contributed by atoms with Crippen molar-refractivity contribution in [3.63, 3.8) is 0 Å². The van der Waals surface area contributed by atoms with Gasteiger partial charge in [-0.15, -0.1) is 0 Å². The summed E-state index contributed by atoms with van der Waals surface area (Å²) in [4.78, 5) is 4.55. The first-order valence-electron chi connectivity index (χ1n) is 8.38. The topological polar surface area (TPSA) is 68.3 Å². The van der Waals surface area contributed by atoms with Crippen molar-refractivity contribution in [2.24, 2.45) is 0 Å². The molecular weight excluding hydrogens is 348 g/mol. The minimum absolute atomic E-state index is 0.141. The van der Waals surface area contributed by atoms with Crippen molar-refractivity contribution in [2.75, 3.05) is 11.8 Å². The molecule has 1 heterocycles. The Kier molecular flexibility index (Phi) is 4.87. The van der Waals surface area contributed by atoms with Crippen molar-refractivity contribution in [1.29, 1.82) is 0 Å². The van der Waals surface area contributed by atoms with Crippen molar-refractivity contribution in [1.82, 2.24) is 4.98 Å². The van der Waals surface area contributed by atoms with Crippen molar-refractivity contribution in [2.45, 2.75) is 31.6 Å². The number of aryl methyl sites for hydroxylation is 1. The number of methoxy groups -OCH3 is 1. The molecule has 0 bridgehead atoms. The van der Waals surface area contributed by atoms with Gasteiger partial charge in [0.05, 0.1) is 29.4 Å². The molecule has 0 saturated carbocycles. The molecule has 3 rings (SSSR count). The quantitative estimate of drug-likeness (QED) is 0.719. The summed E-state index contributed by atoms with van der Waals surface area (Å²) in [7, 11) is -2.15. The zero-order valence-electron chi connectivity index (χ0n) is 15.3. The van der Waals surface area contributed by atoms with Crippen molar-refractivity contribution in [3.8, 4) is 5.75 Å². The standard InChI is InChI=1S/C20H22N2O3S/c1-13(2)17-11-20(14(3)9-19(17)25-4)26(23,24)22-16-10-15-7-5-6-8-18(15)21-12-16/h5-13,22H,1-4H3. The lowest BCUT2D eigenvalue weighted by molar-refractivity contribution is 0.406. The van der Waals surface area contributed by atoms with Crippen LogP contribution in [0.3, 0.4) is 0 Å². The van der Waals surface area contributed by atoms with Gasteiger partial charge in [0.25, 0.3) is 10.0 Å². The smallest absolute Gasteiger partial charge is 0.262 e. The Morgan fingerprint density at radius 1 is 1.12 bits per heavy atom. The Morgan fingerprint density at radius 3 is 2.54 bits per heavy atom. The minimum Gasteiger partial charge on any atom is -0.496 e. The molecule has 136 valence electrons. The molecule has 3 aromatic rings. The Balaban J connectivity index is 2.03. The van der Waals surface area contributed by atoms with Crippen LogP contribution in [0.2, 0.25) is 0 Å². The number of benzene rings is 2. The number of para-hydroxylation sites is 1. The van der Waals surface area contributed by atoms with Crippen LogP contribution in [0.25, 0.3) is 10.9 Å². The summed E-state index contributed by atoms with van der Waals surface area (Å²) in [5, 5.41) is 0.877. The number of aromatic nitrogens is 1. The number of fused-ring (bicyclic) bond motifs is 1. The monoisotopic (exact) mass is 370 g/mol. The molecule has 0 atom stereocenters. The molecule has 26 heavy (non-hydrogen) atoms. The molecule has 0 unspecified atom stereocenters. The fourth-order valence-corrected chi connectivity index (χ4v) is 4.23. The van der Waals surface area contributed by atoms with Crippen LogP contribution >= 0.6 is 0 Å². The molecule has 0 fully saturated rings. The predicted octanol–water partition coefficient (Wildman–Crippen LogP) is 4.48. The zero-order chi connectivity index (χ0) is 18.9. The minimum atomic E-state index is -3.74. The molecule has 5 nitrogen and oxygen atoms in total. The summed E-state index contributed by atoms with van der Waals surface area (Å²) in [6.07, 6.45) is 1.53. The lowest BCUT2D eigenvalue weighted by Gasteiger charge is -2.17. The highest BCUT2D eigenvalue weighted by molar-refractivity contribution is 7.92. The second-order valence-electron chi connectivity index (χ2n) is 6.54. The Morgan fingerprint density at radius 2 is 1.85 bits per heavy atom. The van der Waals surface area contributed by atoms with Gasteiger partial charge in [-0.1, -0.05) is 32.0 Å². The Labute approximate surface area is 154 Å². The number of hydrogen-bond donors (Lipinski definition) is 1. The summed E-state index contributed by atoms with van der Waals surface area (Å²) < 4.78 is 33.9. The van der Waals surface area contributed by atoms with Gasteiger partial charge in [0.15, 0.2) is 0 Å². The molecule has 0 amide bonds. The van der Waals surface area contributed by atoms with Crippen LogP contribution in [0.5, 0.6) is 5.75 Å². The third kappa shape index (κ3) is 3.51. The van der Waals surface area contributed by atoms with Gasteiger partial charge in [-0.05, 0) is 48.2 Å². The maximum absolute atomic E-state index is 13.0. The molecule has 0 spiro atoms. The SMILES string of the molecule is COc1cc(C)c(S(=O)(=O)Nc2cnc3ccccc3c2)cc1C(C)C. The van der Waals surface area contributed by atoms with Crippen LogP contribution in [0.1, 0.15) is 30.9 Å². The predicted molar refractivity (Wildman–Crippen MR) is 104 cm³/mol. The molecule has 2 aromatic carbocycles. The van der Waals surface area contributed by atoms with E-state index < -0.39 is 10.0 Å². The third-order valence-electron chi connectivity index (χ3n) is 4.28. The van der Waals surface area contributed by atoms with E-state index >= 15 is 0 Å². The second-order valence-corrected chi connectivity index (χ2v) is 8.19. The first-order valence-corrected chi connectivity index (χ1v) is 9.86. The van der Waals surface area contributed by atoms with Gasteiger partial charge in [-0.25, -0.2) is 8.42 Å². The van der Waals surface area contributed by atoms with E-state index in [0.29, 0.717) is 17.0 Å². The number of nitrogens with one attached hydrogen (secondary N) is 1. The van der Waals surface area contributed by atoms with Crippen LogP contribution in [-0.4, -0.2) is 20.5 Å². The van der Waals surface area contributed by atoms with E-state index in [9.17, 15) is 8.42 Å². The van der Waals surface area contributed by atoms with Gasteiger partial charge >= 0.3 is 0 Å². The average Bonchev–Trinajstić information content (AvgIpc) is 2.60. The summed E-state index contributed by atoms with van der Waals surface area (Å²) in [5.74, 6) is 0.839. The number of ether oxygens (including phenoxy) is 1. The van der Waals surface area contributed by atoms with E-state index in [0.717, 1.165) is 16.5 Å². The number of pyridine rings is 1. The van der Waals surface area contributed by atoms with Gasteiger partial charge in [0.1, 0.15) is 5.75 Å². The molecule has 6 heteroatoms. The van der Waals surface area contributed by atoms with Crippen molar-refractivity contribution >= 4 is 26.6 Å². The third-order valence-corrected chi connectivity index (χ3v) is 5.80. The molecule has 0 aliphatic rings. The van der Waals surface area contributed by atoms with Crippen molar-refractivity contribution < 1.29 is 13.2 Å². The van der Waals surface area contributed by atoms with Crippen LogP contribution < -0.4 is 9.46 Å². The number of nitrogens with zero attached hydrogens (tertiary/aromatic N) is 1. The molecule has 1 N–H and O–H groups in total. The molecule has 0 saturated heterocycles. The zero-order valence-corrected chi connectivity index (χ0v) is 16.1. The fraction of sp³-hybridized carbons (Fsp3) is 0.250. The number of anilines is 1. The van der Waals surface area contributed by atoms with E-state index in [-0.39, 0.29) is 10.8 Å². The first-order chi connectivity index (χ1) is 12.3. The summed E-state index contributed by atoms with van der Waals surface area (Å²) in [6, 6.07) is 12.8. The van der Waals surface area contributed by atoms with E-state index in [2.05, 4.69) is 9.71 Å². The van der Waals surface area contributed by atoms with Gasteiger partial charge < -0.3 is 4.74 Å². The molecule has 0 radical (unpaired) electrons. The van der Waals surface area contributed by atoms with Crippen LogP contribution in [-0.2, 0) is 10.0 Å². The summed E-state index contributed by atoms with van der Waals surface area (Å²) in [6.45, 7) is 5.77. The maximum Gasteiger partial charge on any atom is 0.262 e. The van der Waals surface area contributed by atoms with E-state index in [4.69, 9.17) is 4.74 Å².